The molecule has 12 nitrogen and oxygen atoms in total. The third-order valence-electron chi connectivity index (χ3n) is 5.98. The fourth-order valence-electron chi connectivity index (χ4n) is 4.32. The number of carbonyl (C=O) groups is 3. The van der Waals surface area contributed by atoms with Crippen molar-refractivity contribution in [3.63, 3.8) is 0 Å². The Bertz CT molecular complexity index is 1460. The first kappa shape index (κ1) is 26.9. The maximum absolute atomic E-state index is 12.7. The summed E-state index contributed by atoms with van der Waals surface area (Å²) in [4.78, 5) is 64.1. The largest absolute Gasteiger partial charge is 0.462 e. The first-order valence-corrected chi connectivity index (χ1v) is 11.8. The maximum Gasteiger partial charge on any atom is 0.330 e. The van der Waals surface area contributed by atoms with Crippen molar-refractivity contribution in [2.24, 2.45) is 5.41 Å². The van der Waals surface area contributed by atoms with Crippen molar-refractivity contribution in [3.05, 3.63) is 69.2 Å². The molecule has 3 heterocycles. The number of rotatable bonds is 6. The number of ether oxygens (including phenoxy) is 4. The molecule has 0 saturated carbocycles. The highest BCUT2D eigenvalue weighted by Crippen LogP contribution is 2.50. The lowest BCUT2D eigenvalue weighted by molar-refractivity contribution is -0.194. The quantitative estimate of drug-likeness (QED) is 0.371. The van der Waals surface area contributed by atoms with E-state index in [1.54, 1.807) is 51.1 Å². The average molecular weight is 529 g/mol. The van der Waals surface area contributed by atoms with E-state index in [9.17, 15) is 24.0 Å². The van der Waals surface area contributed by atoms with Crippen LogP contribution in [0, 0.1) is 5.41 Å². The fraction of sp³-hybridized carbons (Fsp3) is 0.423. The van der Waals surface area contributed by atoms with E-state index in [1.807, 2.05) is 0 Å². The number of aromatic amines is 1. The summed E-state index contributed by atoms with van der Waals surface area (Å²) in [7, 11) is 0. The van der Waals surface area contributed by atoms with Gasteiger partial charge in [0.1, 0.15) is 18.3 Å². The van der Waals surface area contributed by atoms with Crippen LogP contribution in [0.3, 0.4) is 0 Å². The minimum absolute atomic E-state index is 0.0388. The van der Waals surface area contributed by atoms with Gasteiger partial charge in [-0.1, -0.05) is 18.2 Å². The van der Waals surface area contributed by atoms with E-state index in [0.717, 1.165) is 30.7 Å². The molecule has 0 bridgehead atoms. The molecule has 0 unspecified atom stereocenters. The number of para-hydroxylation sites is 1. The van der Waals surface area contributed by atoms with Gasteiger partial charge in [-0.25, -0.2) is 4.79 Å². The van der Waals surface area contributed by atoms with Crippen LogP contribution in [-0.4, -0.2) is 46.3 Å². The minimum Gasteiger partial charge on any atom is -0.462 e. The van der Waals surface area contributed by atoms with Crippen molar-refractivity contribution >= 4 is 28.9 Å². The molecule has 202 valence electrons. The van der Waals surface area contributed by atoms with Crippen molar-refractivity contribution in [1.29, 1.82) is 0 Å². The zero-order valence-electron chi connectivity index (χ0n) is 21.5. The molecule has 0 spiro atoms. The van der Waals surface area contributed by atoms with Crippen molar-refractivity contribution in [2.75, 3.05) is 6.61 Å². The van der Waals surface area contributed by atoms with E-state index in [4.69, 9.17) is 23.4 Å². The Hall–Kier alpha value is -4.19. The molecule has 4 rings (SSSR count). The minimum atomic E-state index is -1.99. The number of aromatic nitrogens is 2. The first-order valence-electron chi connectivity index (χ1n) is 11.8. The van der Waals surface area contributed by atoms with Gasteiger partial charge < -0.3 is 23.4 Å². The normalized spacial score (nSPS) is 23.2. The summed E-state index contributed by atoms with van der Waals surface area (Å²) in [6.45, 7) is 6.81. The van der Waals surface area contributed by atoms with Gasteiger partial charge in [0.2, 0.25) is 5.60 Å². The summed E-state index contributed by atoms with van der Waals surface area (Å²) in [5.41, 5.74) is -3.95. The van der Waals surface area contributed by atoms with E-state index in [2.05, 4.69) is 4.98 Å². The monoisotopic (exact) mass is 528 g/mol. The number of benzene rings is 1. The van der Waals surface area contributed by atoms with Crippen LogP contribution in [-0.2, 0) is 38.9 Å². The topological polar surface area (TPSA) is 156 Å². The molecule has 3 aromatic rings. The zero-order chi connectivity index (χ0) is 27.8. The number of carbonyl (C=O) groups excluding carboxylic acids is 3. The second-order valence-corrected chi connectivity index (χ2v) is 9.95. The lowest BCUT2D eigenvalue weighted by atomic mass is 9.88. The second-order valence-electron chi connectivity index (χ2n) is 9.95. The Morgan fingerprint density at radius 1 is 1.08 bits per heavy atom. The second kappa shape index (κ2) is 9.93. The highest BCUT2D eigenvalue weighted by Gasteiger charge is 2.66. The van der Waals surface area contributed by atoms with Crippen LogP contribution in [0.4, 0.5) is 0 Å². The summed E-state index contributed by atoms with van der Waals surface area (Å²) in [5, 5.41) is 0.644. The summed E-state index contributed by atoms with van der Waals surface area (Å²) in [6, 6.07) is 9.65. The molecule has 0 amide bonds. The first-order chi connectivity index (χ1) is 17.8. The molecule has 12 heteroatoms. The third-order valence-corrected chi connectivity index (χ3v) is 5.98. The van der Waals surface area contributed by atoms with Gasteiger partial charge >= 0.3 is 23.6 Å². The number of furan rings is 1. The van der Waals surface area contributed by atoms with E-state index >= 15 is 0 Å². The molecule has 1 fully saturated rings. The van der Waals surface area contributed by atoms with Crippen molar-refractivity contribution in [3.8, 4) is 0 Å². The predicted octanol–water partition coefficient (Wildman–Crippen LogP) is 2.16. The predicted molar refractivity (Wildman–Crippen MR) is 131 cm³/mol. The van der Waals surface area contributed by atoms with Crippen LogP contribution in [0.15, 0.2) is 56.6 Å². The number of hydrogen-bond donors (Lipinski definition) is 1. The molecular formula is C26H28N2O10. The summed E-state index contributed by atoms with van der Waals surface area (Å²) < 4.78 is 30.2. The Labute approximate surface area is 216 Å². The van der Waals surface area contributed by atoms with E-state index in [-0.39, 0.29) is 5.76 Å². The van der Waals surface area contributed by atoms with Gasteiger partial charge in [0, 0.05) is 31.5 Å². The lowest BCUT2D eigenvalue weighted by Crippen LogP contribution is -2.52. The van der Waals surface area contributed by atoms with Crippen molar-refractivity contribution in [2.45, 2.75) is 58.7 Å². The van der Waals surface area contributed by atoms with Crippen LogP contribution in [0.5, 0.6) is 0 Å². The molecular weight excluding hydrogens is 500 g/mol. The Kier molecular flexibility index (Phi) is 7.02. The molecule has 1 saturated heterocycles. The van der Waals surface area contributed by atoms with Crippen molar-refractivity contribution < 1.29 is 37.7 Å². The molecule has 0 aliphatic carbocycles. The number of nitrogens with zero attached hydrogens (tertiary/aromatic N) is 1. The number of esters is 3. The number of hydrogen-bond acceptors (Lipinski definition) is 10. The molecule has 1 aromatic carbocycles. The molecule has 1 aliphatic rings. The lowest BCUT2D eigenvalue weighted by Gasteiger charge is -2.35. The molecule has 4 atom stereocenters. The number of fused-ring (bicyclic) bond motifs is 1. The van der Waals surface area contributed by atoms with Gasteiger partial charge in [-0.05, 0) is 32.9 Å². The fourth-order valence-corrected chi connectivity index (χ4v) is 4.32. The van der Waals surface area contributed by atoms with Gasteiger partial charge in [-0.2, -0.15) is 0 Å². The zero-order valence-corrected chi connectivity index (χ0v) is 21.5. The maximum atomic E-state index is 12.7. The Morgan fingerprint density at radius 3 is 2.39 bits per heavy atom. The van der Waals surface area contributed by atoms with Crippen LogP contribution in [0.25, 0.3) is 11.0 Å². The van der Waals surface area contributed by atoms with Gasteiger partial charge in [-0.3, -0.25) is 28.7 Å². The molecule has 2 aromatic heterocycles. The molecule has 0 radical (unpaired) electrons. The standard InChI is InChI=1S/C26H28N2O10/c1-14(29)35-21-22(28-11-10-20(31)27-24(28)33)37-19(13-34-23(32)25(3,4)5)26(21,38-15(2)30)18-12-16-8-6-7-9-17(16)36-18/h6-12,19,21-22H,13H2,1-5H3,(H,27,31,33)/t19-,21+,22-,26-/m1/s1. The summed E-state index contributed by atoms with van der Waals surface area (Å²) in [5.74, 6) is -2.10. The van der Waals surface area contributed by atoms with Crippen LogP contribution in [0.1, 0.15) is 46.6 Å². The number of H-pyrrole nitrogens is 1. The van der Waals surface area contributed by atoms with Gasteiger partial charge in [0.15, 0.2) is 18.1 Å². The van der Waals surface area contributed by atoms with Crippen molar-refractivity contribution in [1.82, 2.24) is 9.55 Å². The Balaban J connectivity index is 1.95. The van der Waals surface area contributed by atoms with E-state index < -0.39 is 65.2 Å². The van der Waals surface area contributed by atoms with Gasteiger partial charge in [0.05, 0.1) is 5.41 Å². The average Bonchev–Trinajstić information content (AvgIpc) is 3.37. The highest BCUT2D eigenvalue weighted by atomic mass is 16.7. The van der Waals surface area contributed by atoms with Gasteiger partial charge in [-0.15, -0.1) is 0 Å². The molecule has 1 aliphatic heterocycles. The third kappa shape index (κ3) is 4.99. The summed E-state index contributed by atoms with van der Waals surface area (Å²) in [6.07, 6.45) is -3.05. The van der Waals surface area contributed by atoms with Crippen LogP contribution in [0.2, 0.25) is 0 Å². The smallest absolute Gasteiger partial charge is 0.330 e. The summed E-state index contributed by atoms with van der Waals surface area (Å²) >= 11 is 0. The van der Waals surface area contributed by atoms with Crippen LogP contribution >= 0.6 is 0 Å². The highest BCUT2D eigenvalue weighted by molar-refractivity contribution is 5.78. The molecule has 1 N–H and O–H groups in total. The molecule has 38 heavy (non-hydrogen) atoms. The SMILES string of the molecule is CC(=O)O[C@H]1[C@H](n2ccc(=O)[nH]c2=O)O[C@H](COC(=O)C(C)(C)C)[C@]1(OC(C)=O)c1cc2ccccc2o1. The van der Waals surface area contributed by atoms with Crippen LogP contribution < -0.4 is 11.2 Å². The number of nitrogens with one attached hydrogen (secondary N) is 1. The van der Waals surface area contributed by atoms with E-state index in [0.29, 0.717) is 11.0 Å². The Morgan fingerprint density at radius 2 is 1.79 bits per heavy atom. The van der Waals surface area contributed by atoms with Gasteiger partial charge in [0.25, 0.3) is 5.56 Å². The van der Waals surface area contributed by atoms with E-state index in [1.165, 1.54) is 0 Å².